The summed E-state index contributed by atoms with van der Waals surface area (Å²) in [5.74, 6) is 0.699. The molecule has 0 bridgehead atoms. The van der Waals surface area contributed by atoms with Crippen LogP contribution in [0.3, 0.4) is 0 Å². The molecule has 0 saturated heterocycles. The van der Waals surface area contributed by atoms with Gasteiger partial charge < -0.3 is 37.2 Å². The third-order valence-corrected chi connectivity index (χ3v) is 3.34. The predicted octanol–water partition coefficient (Wildman–Crippen LogP) is -5.65. The summed E-state index contributed by atoms with van der Waals surface area (Å²) in [4.78, 5) is 0. The zero-order valence-electron chi connectivity index (χ0n) is 8.80. The van der Waals surface area contributed by atoms with Gasteiger partial charge in [0.1, 0.15) is 0 Å². The van der Waals surface area contributed by atoms with Gasteiger partial charge in [-0.2, -0.15) is 0 Å². The van der Waals surface area contributed by atoms with Crippen molar-refractivity contribution in [3.63, 3.8) is 0 Å². The molecule has 86 valence electrons. The fraction of sp³-hybridized carbons (Fsp3) is 0.333. The van der Waals surface area contributed by atoms with Gasteiger partial charge in [-0.1, -0.05) is 0 Å². The van der Waals surface area contributed by atoms with Crippen molar-refractivity contribution in [2.45, 2.75) is 17.6 Å². The number of allylic oxidation sites excluding steroid dienone is 8. The molecule has 2 aliphatic carbocycles. The molecular formula is C12H13Cl3Ti. The Morgan fingerprint density at radius 1 is 0.938 bits per heavy atom. The van der Waals surface area contributed by atoms with Crippen molar-refractivity contribution in [3.05, 3.63) is 47.6 Å². The fourth-order valence-corrected chi connectivity index (χ4v) is 2.76. The Bertz CT molecular complexity index is 286. The van der Waals surface area contributed by atoms with E-state index in [1.165, 1.54) is 4.73 Å². The van der Waals surface area contributed by atoms with Crippen molar-refractivity contribution < 1.29 is 57.7 Å². The average molecular weight is 311 g/mol. The number of halogens is 3. The van der Waals surface area contributed by atoms with Crippen LogP contribution in [-0.2, 0) is 20.4 Å². The molecule has 0 spiro atoms. The molecule has 0 aromatic carbocycles. The van der Waals surface area contributed by atoms with E-state index in [0.717, 1.165) is 12.8 Å². The van der Waals surface area contributed by atoms with Crippen LogP contribution in [0, 0.1) is 5.92 Å². The van der Waals surface area contributed by atoms with Gasteiger partial charge in [-0.15, -0.1) is 0 Å². The summed E-state index contributed by atoms with van der Waals surface area (Å²) in [7, 11) is 0. The van der Waals surface area contributed by atoms with E-state index in [0.29, 0.717) is 5.92 Å². The van der Waals surface area contributed by atoms with Gasteiger partial charge in [-0.25, -0.2) is 0 Å². The first-order chi connectivity index (χ1) is 6.42. The first-order valence-corrected chi connectivity index (χ1v) is 5.88. The third-order valence-electron chi connectivity index (χ3n) is 2.70. The first-order valence-electron chi connectivity index (χ1n) is 4.77. The van der Waals surface area contributed by atoms with Gasteiger partial charge in [0.25, 0.3) is 0 Å². The molecule has 4 heteroatoms. The molecule has 0 atom stereocenters. The molecule has 16 heavy (non-hydrogen) atoms. The van der Waals surface area contributed by atoms with Crippen LogP contribution in [0.15, 0.2) is 47.6 Å². The molecule has 0 N–H and O–H groups in total. The van der Waals surface area contributed by atoms with Crippen LogP contribution in [0.2, 0.25) is 4.73 Å². The molecule has 0 radical (unpaired) electrons. The Kier molecular flexibility index (Phi) is 11.3. The number of hydrogen-bond acceptors (Lipinski definition) is 0. The molecule has 0 saturated carbocycles. The zero-order valence-corrected chi connectivity index (χ0v) is 12.6. The molecule has 2 rings (SSSR count). The van der Waals surface area contributed by atoms with E-state index in [9.17, 15) is 0 Å². The van der Waals surface area contributed by atoms with E-state index >= 15 is 0 Å². The summed E-state index contributed by atoms with van der Waals surface area (Å²) in [6, 6.07) is 0. The van der Waals surface area contributed by atoms with Crippen molar-refractivity contribution in [1.82, 2.24) is 0 Å². The Labute approximate surface area is 128 Å². The topological polar surface area (TPSA) is 0 Å². The van der Waals surface area contributed by atoms with Gasteiger partial charge in [0.15, 0.2) is 0 Å². The maximum atomic E-state index is 2.29. The standard InChI is InChI=1S/C12H13.3ClH.Ti/c1-10(11-6-2-3-7-11)12-8-4-5-9-12;;;;/h2-6,8,10H,1,7,9H2;3*1H;/q;;;;+3/p-3. The van der Waals surface area contributed by atoms with Crippen LogP contribution in [0.5, 0.6) is 0 Å². The van der Waals surface area contributed by atoms with E-state index in [2.05, 4.69) is 56.9 Å². The van der Waals surface area contributed by atoms with Gasteiger partial charge in [-0.05, 0) is 0 Å². The van der Waals surface area contributed by atoms with Gasteiger partial charge in [-0.3, -0.25) is 0 Å². The first kappa shape index (κ1) is 18.9. The van der Waals surface area contributed by atoms with Crippen molar-refractivity contribution >= 4 is 0 Å². The van der Waals surface area contributed by atoms with Crippen molar-refractivity contribution in [3.8, 4) is 0 Å². The molecule has 0 nitrogen and oxygen atoms in total. The summed E-state index contributed by atoms with van der Waals surface area (Å²) in [5.41, 5.74) is 3.19. The molecule has 0 amide bonds. The second-order valence-electron chi connectivity index (χ2n) is 3.50. The molecule has 0 aromatic rings. The third kappa shape index (κ3) is 4.43. The Morgan fingerprint density at radius 2 is 1.38 bits per heavy atom. The van der Waals surface area contributed by atoms with Gasteiger partial charge in [0, 0.05) is 0 Å². The number of rotatable bonds is 3. The van der Waals surface area contributed by atoms with Crippen LogP contribution >= 0.6 is 0 Å². The van der Waals surface area contributed by atoms with E-state index in [-0.39, 0.29) is 37.2 Å². The van der Waals surface area contributed by atoms with Gasteiger partial charge in [0.2, 0.25) is 0 Å². The molecular weight excluding hydrogens is 298 g/mol. The minimum atomic E-state index is 0. The molecule has 0 aliphatic heterocycles. The molecule has 0 fully saturated rings. The predicted molar refractivity (Wildman–Crippen MR) is 52.0 cm³/mol. The van der Waals surface area contributed by atoms with Crippen molar-refractivity contribution in [2.24, 2.45) is 5.92 Å². The van der Waals surface area contributed by atoms with E-state index in [1.54, 1.807) is 11.1 Å². The Hall–Kier alpha value is 0.544. The van der Waals surface area contributed by atoms with Crippen molar-refractivity contribution in [1.29, 1.82) is 0 Å². The quantitative estimate of drug-likeness (QED) is 0.456. The summed E-state index contributed by atoms with van der Waals surface area (Å²) in [5, 5.41) is 0. The molecule has 0 unspecified atom stereocenters. The van der Waals surface area contributed by atoms with E-state index in [4.69, 9.17) is 0 Å². The molecule has 0 heterocycles. The second-order valence-corrected chi connectivity index (χ2v) is 4.14. The van der Waals surface area contributed by atoms with Crippen LogP contribution < -0.4 is 37.2 Å². The second kappa shape index (κ2) is 9.56. The van der Waals surface area contributed by atoms with Crippen LogP contribution in [0.4, 0.5) is 0 Å². The summed E-state index contributed by atoms with van der Waals surface area (Å²) >= 11 is 2.28. The van der Waals surface area contributed by atoms with Crippen LogP contribution in [-0.4, -0.2) is 0 Å². The average Bonchev–Trinajstić information content (AvgIpc) is 2.76. The van der Waals surface area contributed by atoms with Crippen LogP contribution in [0.1, 0.15) is 12.8 Å². The van der Waals surface area contributed by atoms with Crippen molar-refractivity contribution in [2.75, 3.05) is 0 Å². The molecule has 2 aliphatic rings. The summed E-state index contributed by atoms with van der Waals surface area (Å²) < 4.78 is 1.24. The molecule has 0 aromatic heterocycles. The minimum absolute atomic E-state index is 0. The van der Waals surface area contributed by atoms with E-state index in [1.807, 2.05) is 0 Å². The maximum absolute atomic E-state index is 2.29. The summed E-state index contributed by atoms with van der Waals surface area (Å²) in [6.45, 7) is 0. The zero-order chi connectivity index (χ0) is 9.10. The van der Waals surface area contributed by atoms with Crippen LogP contribution in [0.25, 0.3) is 0 Å². The summed E-state index contributed by atoms with van der Waals surface area (Å²) in [6.07, 6.45) is 15.8. The monoisotopic (exact) mass is 310 g/mol. The normalized spacial score (nSPS) is 16.2. The van der Waals surface area contributed by atoms with Gasteiger partial charge in [0.05, 0.1) is 0 Å². The Morgan fingerprint density at radius 3 is 1.62 bits per heavy atom. The van der Waals surface area contributed by atoms with Gasteiger partial charge >= 0.3 is 91.5 Å². The number of hydrogen-bond donors (Lipinski definition) is 0. The Balaban J connectivity index is 0. The fourth-order valence-electron chi connectivity index (χ4n) is 1.94. The van der Waals surface area contributed by atoms with E-state index < -0.39 is 0 Å². The SMILES string of the molecule is [Cl-].[Cl-].[Cl-].[Ti+3][CH2]C(C1=CC=CC1)C1=CC=CC1.